The fourth-order valence-corrected chi connectivity index (χ4v) is 3.93. The van der Waals surface area contributed by atoms with Crippen LogP contribution in [0.3, 0.4) is 0 Å². The quantitative estimate of drug-likeness (QED) is 0.233. The third kappa shape index (κ3) is 4.80. The topological polar surface area (TPSA) is 79.7 Å². The molecule has 1 unspecified atom stereocenters. The van der Waals surface area contributed by atoms with E-state index < -0.39 is 17.7 Å². The van der Waals surface area contributed by atoms with Crippen LogP contribution in [0, 0.1) is 0 Å². The van der Waals surface area contributed by atoms with Gasteiger partial charge in [-0.15, -0.1) is 0 Å². The number of rotatable bonds is 8. The van der Waals surface area contributed by atoms with Crippen molar-refractivity contribution in [2.24, 2.45) is 0 Å². The van der Waals surface area contributed by atoms with Gasteiger partial charge in [-0.2, -0.15) is 0 Å². The summed E-state index contributed by atoms with van der Waals surface area (Å²) in [6, 6.07) is 19.2. The van der Waals surface area contributed by atoms with Crippen LogP contribution in [0.4, 0.5) is 0 Å². The largest absolute Gasteiger partial charge is 0.507 e. The van der Waals surface area contributed by atoms with Gasteiger partial charge in [-0.1, -0.05) is 61.9 Å². The Morgan fingerprint density at radius 2 is 1.88 bits per heavy atom. The number of nitrogens with zero attached hydrogens (tertiary/aromatic N) is 2. The number of unbranched alkanes of at least 4 members (excludes halogenated alkanes) is 1. The number of ketones is 1. The van der Waals surface area contributed by atoms with E-state index in [0.29, 0.717) is 23.5 Å². The molecule has 2 heterocycles. The standard InChI is InChI=1S/C27H26N2O4/c1-2-3-15-33-22-13-7-11-20(16-22)25(30)23-24(21-12-8-14-28-17-21)29(27(32)26(23)31)18-19-9-5-4-6-10-19/h4-14,16-17,24,30H,2-3,15,18H2,1H3/b25-23+. The Bertz CT molecular complexity index is 1160. The number of likely N-dealkylation sites (tertiary alicyclic amines) is 1. The number of carbonyl (C=O) groups excluding carboxylic acids is 2. The molecule has 0 radical (unpaired) electrons. The minimum atomic E-state index is -0.747. The molecule has 33 heavy (non-hydrogen) atoms. The van der Waals surface area contributed by atoms with Crippen LogP contribution in [-0.2, 0) is 16.1 Å². The molecule has 1 amide bonds. The van der Waals surface area contributed by atoms with Crippen molar-refractivity contribution in [1.82, 2.24) is 9.88 Å². The second-order valence-corrected chi connectivity index (χ2v) is 7.93. The molecule has 6 heteroatoms. The Hall–Kier alpha value is -3.93. The normalized spacial score (nSPS) is 17.4. The smallest absolute Gasteiger partial charge is 0.295 e. The summed E-state index contributed by atoms with van der Waals surface area (Å²) in [4.78, 5) is 31.9. The maximum atomic E-state index is 13.1. The maximum Gasteiger partial charge on any atom is 0.295 e. The molecule has 6 nitrogen and oxygen atoms in total. The third-order valence-corrected chi connectivity index (χ3v) is 5.61. The van der Waals surface area contributed by atoms with Crippen molar-refractivity contribution in [1.29, 1.82) is 0 Å². The number of benzene rings is 2. The summed E-state index contributed by atoms with van der Waals surface area (Å²) in [5.74, 6) is -0.984. The van der Waals surface area contributed by atoms with Crippen LogP contribution in [0.25, 0.3) is 5.76 Å². The van der Waals surface area contributed by atoms with E-state index in [1.165, 1.54) is 4.90 Å². The predicted octanol–water partition coefficient (Wildman–Crippen LogP) is 4.88. The lowest BCUT2D eigenvalue weighted by Crippen LogP contribution is -2.29. The Kier molecular flexibility index (Phi) is 6.83. The van der Waals surface area contributed by atoms with Gasteiger partial charge in [-0.25, -0.2) is 0 Å². The van der Waals surface area contributed by atoms with E-state index in [2.05, 4.69) is 11.9 Å². The first-order chi connectivity index (χ1) is 16.1. The molecule has 1 aromatic heterocycles. The van der Waals surface area contributed by atoms with Crippen LogP contribution in [0.2, 0.25) is 0 Å². The molecule has 1 N–H and O–H groups in total. The highest BCUT2D eigenvalue weighted by atomic mass is 16.5. The second-order valence-electron chi connectivity index (χ2n) is 7.93. The number of hydrogen-bond acceptors (Lipinski definition) is 5. The molecule has 0 bridgehead atoms. The number of aromatic nitrogens is 1. The Balaban J connectivity index is 1.76. The molecular formula is C27H26N2O4. The lowest BCUT2D eigenvalue weighted by molar-refractivity contribution is -0.140. The first-order valence-electron chi connectivity index (χ1n) is 11.1. The summed E-state index contributed by atoms with van der Waals surface area (Å²) in [5.41, 5.74) is 2.02. The molecule has 168 valence electrons. The first kappa shape index (κ1) is 22.3. The van der Waals surface area contributed by atoms with Gasteiger partial charge < -0.3 is 14.7 Å². The van der Waals surface area contributed by atoms with Crippen molar-refractivity contribution >= 4 is 17.4 Å². The van der Waals surface area contributed by atoms with Gasteiger partial charge in [-0.3, -0.25) is 14.6 Å². The van der Waals surface area contributed by atoms with E-state index >= 15 is 0 Å². The number of aliphatic hydroxyl groups excluding tert-OH is 1. The molecular weight excluding hydrogens is 416 g/mol. The number of aliphatic hydroxyl groups is 1. The van der Waals surface area contributed by atoms with E-state index in [1.807, 2.05) is 30.3 Å². The summed E-state index contributed by atoms with van der Waals surface area (Å²) in [7, 11) is 0. The number of Topliss-reactive ketones (excluding diaryl/α,β-unsaturated/α-hetero) is 1. The lowest BCUT2D eigenvalue weighted by Gasteiger charge is -2.25. The fraction of sp³-hybridized carbons (Fsp3) is 0.222. The second kappa shape index (κ2) is 10.1. The number of pyridine rings is 1. The average molecular weight is 443 g/mol. The Morgan fingerprint density at radius 1 is 1.06 bits per heavy atom. The highest BCUT2D eigenvalue weighted by Gasteiger charge is 2.46. The van der Waals surface area contributed by atoms with Crippen LogP contribution in [0.5, 0.6) is 5.75 Å². The highest BCUT2D eigenvalue weighted by molar-refractivity contribution is 6.46. The zero-order chi connectivity index (χ0) is 23.2. The molecule has 1 atom stereocenters. The first-order valence-corrected chi connectivity index (χ1v) is 11.1. The zero-order valence-corrected chi connectivity index (χ0v) is 18.5. The van der Waals surface area contributed by atoms with Gasteiger partial charge in [-0.05, 0) is 35.7 Å². The van der Waals surface area contributed by atoms with E-state index in [0.717, 1.165) is 18.4 Å². The van der Waals surface area contributed by atoms with E-state index in [9.17, 15) is 14.7 Å². The van der Waals surface area contributed by atoms with E-state index in [4.69, 9.17) is 4.74 Å². The van der Waals surface area contributed by atoms with Crippen LogP contribution < -0.4 is 4.74 Å². The van der Waals surface area contributed by atoms with Gasteiger partial charge >= 0.3 is 0 Å². The predicted molar refractivity (Wildman–Crippen MR) is 125 cm³/mol. The van der Waals surface area contributed by atoms with E-state index in [-0.39, 0.29) is 17.9 Å². The SMILES string of the molecule is CCCCOc1cccc(/C(O)=C2\C(=O)C(=O)N(Cc3ccccc3)C2c2cccnc2)c1. The number of ether oxygens (including phenoxy) is 1. The highest BCUT2D eigenvalue weighted by Crippen LogP contribution is 2.40. The van der Waals surface area contributed by atoms with Crippen molar-refractivity contribution < 1.29 is 19.4 Å². The van der Waals surface area contributed by atoms with Crippen molar-refractivity contribution in [2.75, 3.05) is 6.61 Å². The zero-order valence-electron chi connectivity index (χ0n) is 18.5. The summed E-state index contributed by atoms with van der Waals surface area (Å²) < 4.78 is 5.75. The third-order valence-electron chi connectivity index (χ3n) is 5.61. The monoisotopic (exact) mass is 442 g/mol. The van der Waals surface area contributed by atoms with Gasteiger partial charge in [0.2, 0.25) is 0 Å². The Labute approximate surface area is 193 Å². The molecule has 1 saturated heterocycles. The van der Waals surface area contributed by atoms with Gasteiger partial charge in [0.25, 0.3) is 11.7 Å². The lowest BCUT2D eigenvalue weighted by atomic mass is 9.96. The van der Waals surface area contributed by atoms with Crippen LogP contribution in [0.15, 0.2) is 84.7 Å². The van der Waals surface area contributed by atoms with Gasteiger partial charge in [0.15, 0.2) is 0 Å². The molecule has 1 aliphatic heterocycles. The number of carbonyl (C=O) groups is 2. The summed E-state index contributed by atoms with van der Waals surface area (Å²) >= 11 is 0. The fourth-order valence-electron chi connectivity index (χ4n) is 3.93. The molecule has 0 saturated carbocycles. The van der Waals surface area contributed by atoms with Crippen molar-refractivity contribution in [2.45, 2.75) is 32.4 Å². The summed E-state index contributed by atoms with van der Waals surface area (Å²) in [5, 5.41) is 11.2. The van der Waals surface area contributed by atoms with Crippen LogP contribution in [0.1, 0.15) is 42.5 Å². The average Bonchev–Trinajstić information content (AvgIpc) is 3.10. The minimum Gasteiger partial charge on any atom is -0.507 e. The van der Waals surface area contributed by atoms with Crippen molar-refractivity contribution in [3.63, 3.8) is 0 Å². The van der Waals surface area contributed by atoms with Crippen molar-refractivity contribution in [3.8, 4) is 5.75 Å². The molecule has 1 aliphatic rings. The molecule has 3 aromatic rings. The summed E-state index contributed by atoms with van der Waals surface area (Å²) in [6.45, 7) is 2.89. The molecule has 1 fully saturated rings. The van der Waals surface area contributed by atoms with Gasteiger partial charge in [0, 0.05) is 24.5 Å². The number of amides is 1. The Morgan fingerprint density at radius 3 is 2.61 bits per heavy atom. The molecule has 0 spiro atoms. The number of hydrogen-bond donors (Lipinski definition) is 1. The molecule has 0 aliphatic carbocycles. The summed E-state index contributed by atoms with van der Waals surface area (Å²) in [6.07, 6.45) is 5.17. The van der Waals surface area contributed by atoms with E-state index in [1.54, 1.807) is 48.8 Å². The molecule has 2 aromatic carbocycles. The minimum absolute atomic E-state index is 0.0506. The van der Waals surface area contributed by atoms with Gasteiger partial charge in [0.05, 0.1) is 18.2 Å². The maximum absolute atomic E-state index is 13.1. The van der Waals surface area contributed by atoms with Crippen molar-refractivity contribution in [3.05, 3.63) is 101 Å². The molecule has 4 rings (SSSR count). The van der Waals surface area contributed by atoms with Gasteiger partial charge in [0.1, 0.15) is 11.5 Å². The van der Waals surface area contributed by atoms with Crippen LogP contribution in [-0.4, -0.2) is 33.3 Å². The van der Waals surface area contributed by atoms with Crippen LogP contribution >= 0.6 is 0 Å².